The number of ether oxygens (including phenoxy) is 2. The van der Waals surface area contributed by atoms with Gasteiger partial charge in [-0.15, -0.1) is 12.4 Å². The van der Waals surface area contributed by atoms with Gasteiger partial charge in [-0.3, -0.25) is 0 Å². The monoisotopic (exact) mass is 209 g/mol. The van der Waals surface area contributed by atoms with Crippen LogP contribution >= 0.6 is 12.4 Å². The van der Waals surface area contributed by atoms with Crippen molar-refractivity contribution in [3.8, 4) is 0 Å². The number of piperidine rings is 1. The van der Waals surface area contributed by atoms with Gasteiger partial charge in [0.25, 0.3) is 0 Å². The minimum Gasteiger partial charge on any atom is -0.384 e. The van der Waals surface area contributed by atoms with Gasteiger partial charge in [-0.1, -0.05) is 0 Å². The Kier molecular flexibility index (Phi) is 7.66. The Bertz CT molecular complexity index is 108. The van der Waals surface area contributed by atoms with Crippen molar-refractivity contribution in [1.29, 1.82) is 0 Å². The molecule has 1 heterocycles. The van der Waals surface area contributed by atoms with E-state index in [9.17, 15) is 0 Å². The number of rotatable bonds is 4. The van der Waals surface area contributed by atoms with E-state index in [1.807, 2.05) is 0 Å². The molecule has 0 saturated carbocycles. The summed E-state index contributed by atoms with van der Waals surface area (Å²) < 4.78 is 10.3. The van der Waals surface area contributed by atoms with Gasteiger partial charge in [0, 0.05) is 27.3 Å². The summed E-state index contributed by atoms with van der Waals surface area (Å²) in [6, 6.07) is 0. The molecule has 0 spiro atoms. The molecule has 3 nitrogen and oxygen atoms in total. The van der Waals surface area contributed by atoms with Crippen molar-refractivity contribution in [3.63, 3.8) is 0 Å². The SMILES string of the molecule is COCC1CNCC(COC)C1.Cl. The van der Waals surface area contributed by atoms with Crippen molar-refractivity contribution >= 4 is 12.4 Å². The highest BCUT2D eigenvalue weighted by atomic mass is 35.5. The minimum absolute atomic E-state index is 0. The van der Waals surface area contributed by atoms with Gasteiger partial charge in [0.05, 0.1) is 13.2 Å². The third kappa shape index (κ3) is 4.81. The van der Waals surface area contributed by atoms with Crippen LogP contribution in [-0.2, 0) is 9.47 Å². The van der Waals surface area contributed by atoms with Crippen LogP contribution in [0.5, 0.6) is 0 Å². The second-order valence-corrected chi connectivity index (χ2v) is 3.54. The van der Waals surface area contributed by atoms with E-state index >= 15 is 0 Å². The van der Waals surface area contributed by atoms with Crippen LogP contribution in [0.3, 0.4) is 0 Å². The zero-order valence-corrected chi connectivity index (χ0v) is 9.23. The predicted octanol–water partition coefficient (Wildman–Crippen LogP) is 0.927. The van der Waals surface area contributed by atoms with Crippen LogP contribution in [0.15, 0.2) is 0 Å². The number of nitrogens with one attached hydrogen (secondary N) is 1. The standard InChI is InChI=1S/C9H19NO2.ClH/c1-11-6-8-3-9(7-12-2)5-10-4-8;/h8-10H,3-7H2,1-2H3;1H. The third-order valence-electron chi connectivity index (χ3n) is 2.34. The Morgan fingerprint density at radius 3 is 1.92 bits per heavy atom. The van der Waals surface area contributed by atoms with Crippen molar-refractivity contribution in [2.75, 3.05) is 40.5 Å². The molecule has 1 N–H and O–H groups in total. The van der Waals surface area contributed by atoms with Crippen molar-refractivity contribution < 1.29 is 9.47 Å². The lowest BCUT2D eigenvalue weighted by Crippen LogP contribution is -2.39. The van der Waals surface area contributed by atoms with Crippen LogP contribution in [0.2, 0.25) is 0 Å². The molecule has 80 valence electrons. The lowest BCUT2D eigenvalue weighted by molar-refractivity contribution is 0.0859. The third-order valence-corrected chi connectivity index (χ3v) is 2.34. The maximum Gasteiger partial charge on any atom is 0.0502 e. The van der Waals surface area contributed by atoms with Crippen LogP contribution in [0, 0.1) is 11.8 Å². The molecule has 0 aromatic carbocycles. The number of hydrogen-bond acceptors (Lipinski definition) is 3. The van der Waals surface area contributed by atoms with E-state index in [1.165, 1.54) is 6.42 Å². The van der Waals surface area contributed by atoms with E-state index in [4.69, 9.17) is 9.47 Å². The summed E-state index contributed by atoms with van der Waals surface area (Å²) in [6.45, 7) is 3.92. The second-order valence-electron chi connectivity index (χ2n) is 3.54. The van der Waals surface area contributed by atoms with E-state index in [-0.39, 0.29) is 12.4 Å². The van der Waals surface area contributed by atoms with Crippen molar-refractivity contribution in [1.82, 2.24) is 5.32 Å². The molecule has 0 bridgehead atoms. The first-order chi connectivity index (χ1) is 5.86. The highest BCUT2D eigenvalue weighted by molar-refractivity contribution is 5.85. The van der Waals surface area contributed by atoms with Gasteiger partial charge in [0.2, 0.25) is 0 Å². The normalized spacial score (nSPS) is 28.2. The maximum atomic E-state index is 5.13. The largest absolute Gasteiger partial charge is 0.384 e. The van der Waals surface area contributed by atoms with Crippen LogP contribution in [0.4, 0.5) is 0 Å². The molecule has 1 rings (SSSR count). The van der Waals surface area contributed by atoms with Crippen LogP contribution in [0.25, 0.3) is 0 Å². The summed E-state index contributed by atoms with van der Waals surface area (Å²) in [5, 5.41) is 3.39. The molecular formula is C9H20ClNO2. The average Bonchev–Trinajstić information content (AvgIpc) is 2.06. The lowest BCUT2D eigenvalue weighted by atomic mass is 9.92. The molecular weight excluding hydrogens is 190 g/mol. The van der Waals surface area contributed by atoms with Crippen molar-refractivity contribution in [2.45, 2.75) is 6.42 Å². The molecule has 1 saturated heterocycles. The van der Waals surface area contributed by atoms with Gasteiger partial charge in [-0.2, -0.15) is 0 Å². The summed E-state index contributed by atoms with van der Waals surface area (Å²) in [4.78, 5) is 0. The highest BCUT2D eigenvalue weighted by Crippen LogP contribution is 2.16. The fraction of sp³-hybridized carbons (Fsp3) is 1.00. The van der Waals surface area contributed by atoms with Gasteiger partial charge in [0.1, 0.15) is 0 Å². The fourth-order valence-corrected chi connectivity index (χ4v) is 1.85. The van der Waals surface area contributed by atoms with Crippen LogP contribution in [-0.4, -0.2) is 40.5 Å². The van der Waals surface area contributed by atoms with Gasteiger partial charge in [-0.05, 0) is 18.3 Å². The van der Waals surface area contributed by atoms with E-state index in [0.29, 0.717) is 11.8 Å². The molecule has 0 aromatic heterocycles. The zero-order chi connectivity index (χ0) is 8.81. The Labute approximate surface area is 86.6 Å². The van der Waals surface area contributed by atoms with Crippen molar-refractivity contribution in [2.24, 2.45) is 11.8 Å². The van der Waals surface area contributed by atoms with Crippen LogP contribution < -0.4 is 5.32 Å². The topological polar surface area (TPSA) is 30.5 Å². The summed E-state index contributed by atoms with van der Waals surface area (Å²) >= 11 is 0. The Balaban J connectivity index is 0.00000144. The molecule has 13 heavy (non-hydrogen) atoms. The molecule has 4 heteroatoms. The van der Waals surface area contributed by atoms with E-state index in [1.54, 1.807) is 14.2 Å². The molecule has 1 aliphatic rings. The first-order valence-corrected chi connectivity index (χ1v) is 4.55. The Hall–Kier alpha value is 0.170. The minimum atomic E-state index is 0. The fourth-order valence-electron chi connectivity index (χ4n) is 1.85. The first-order valence-electron chi connectivity index (χ1n) is 4.55. The number of halogens is 1. The van der Waals surface area contributed by atoms with E-state index in [0.717, 1.165) is 26.3 Å². The first kappa shape index (κ1) is 13.2. The van der Waals surface area contributed by atoms with Crippen molar-refractivity contribution in [3.05, 3.63) is 0 Å². The zero-order valence-electron chi connectivity index (χ0n) is 8.41. The van der Waals surface area contributed by atoms with E-state index in [2.05, 4.69) is 5.32 Å². The van der Waals surface area contributed by atoms with Crippen LogP contribution in [0.1, 0.15) is 6.42 Å². The molecule has 0 amide bonds. The number of methoxy groups -OCH3 is 2. The molecule has 0 aromatic rings. The molecule has 2 unspecified atom stereocenters. The molecule has 0 radical (unpaired) electrons. The van der Waals surface area contributed by atoms with E-state index < -0.39 is 0 Å². The Morgan fingerprint density at radius 1 is 1.08 bits per heavy atom. The summed E-state index contributed by atoms with van der Waals surface area (Å²) in [5.74, 6) is 1.34. The molecule has 2 atom stereocenters. The highest BCUT2D eigenvalue weighted by Gasteiger charge is 2.20. The van der Waals surface area contributed by atoms with Gasteiger partial charge in [0.15, 0.2) is 0 Å². The average molecular weight is 210 g/mol. The summed E-state index contributed by atoms with van der Waals surface area (Å²) in [7, 11) is 3.53. The second kappa shape index (κ2) is 7.56. The van der Waals surface area contributed by atoms with Gasteiger partial charge in [-0.25, -0.2) is 0 Å². The Morgan fingerprint density at radius 2 is 1.54 bits per heavy atom. The molecule has 1 fully saturated rings. The molecule has 1 aliphatic heterocycles. The smallest absolute Gasteiger partial charge is 0.0502 e. The lowest BCUT2D eigenvalue weighted by Gasteiger charge is -2.28. The number of hydrogen-bond donors (Lipinski definition) is 1. The van der Waals surface area contributed by atoms with Gasteiger partial charge < -0.3 is 14.8 Å². The maximum absolute atomic E-state index is 5.13. The van der Waals surface area contributed by atoms with Gasteiger partial charge >= 0.3 is 0 Å². The summed E-state index contributed by atoms with van der Waals surface area (Å²) in [5.41, 5.74) is 0. The molecule has 0 aliphatic carbocycles. The predicted molar refractivity (Wildman–Crippen MR) is 55.5 cm³/mol. The summed E-state index contributed by atoms with van der Waals surface area (Å²) in [6.07, 6.45) is 1.23. The quantitative estimate of drug-likeness (QED) is 0.747.